The summed E-state index contributed by atoms with van der Waals surface area (Å²) in [5.41, 5.74) is 0.464. The van der Waals surface area contributed by atoms with Gasteiger partial charge in [0.2, 0.25) is 10.0 Å². The molecule has 2 aliphatic heterocycles. The highest BCUT2D eigenvalue weighted by Gasteiger charge is 2.33. The van der Waals surface area contributed by atoms with Gasteiger partial charge in [-0.2, -0.15) is 4.31 Å². The van der Waals surface area contributed by atoms with Crippen molar-refractivity contribution in [3.8, 4) is 5.75 Å². The number of para-hydroxylation sites is 2. The molecule has 1 atom stereocenters. The zero-order valence-corrected chi connectivity index (χ0v) is 20.7. The van der Waals surface area contributed by atoms with Gasteiger partial charge >= 0.3 is 6.09 Å². The molecule has 0 aliphatic carbocycles. The Labute approximate surface area is 192 Å². The Morgan fingerprint density at radius 3 is 2.34 bits per heavy atom. The van der Waals surface area contributed by atoms with Gasteiger partial charge in [-0.15, -0.1) is 0 Å². The number of nitrogens with zero attached hydrogens (tertiary/aromatic N) is 3. The summed E-state index contributed by atoms with van der Waals surface area (Å²) in [4.78, 5) is 16.3. The van der Waals surface area contributed by atoms with Gasteiger partial charge in [0.1, 0.15) is 17.5 Å². The van der Waals surface area contributed by atoms with Crippen LogP contribution in [0.25, 0.3) is 0 Å². The Morgan fingerprint density at radius 1 is 1.06 bits per heavy atom. The lowest BCUT2D eigenvalue weighted by Gasteiger charge is -2.38. The van der Waals surface area contributed by atoms with Crippen LogP contribution in [0.15, 0.2) is 24.3 Å². The van der Waals surface area contributed by atoms with Gasteiger partial charge in [0.15, 0.2) is 0 Å². The summed E-state index contributed by atoms with van der Waals surface area (Å²) in [6.07, 6.45) is 1.15. The summed E-state index contributed by atoms with van der Waals surface area (Å²) >= 11 is 0. The average Bonchev–Trinajstić information content (AvgIpc) is 2.73. The molecule has 1 aromatic carbocycles. The summed E-state index contributed by atoms with van der Waals surface area (Å²) in [7, 11) is -3.29. The molecule has 0 aromatic heterocycles. The second kappa shape index (κ2) is 9.87. The van der Waals surface area contributed by atoms with Crippen LogP contribution in [0.2, 0.25) is 0 Å². The van der Waals surface area contributed by atoms with Crippen molar-refractivity contribution in [3.63, 3.8) is 0 Å². The van der Waals surface area contributed by atoms with Crippen LogP contribution >= 0.6 is 0 Å². The Morgan fingerprint density at radius 2 is 1.72 bits per heavy atom. The Balaban J connectivity index is 1.64. The number of benzene rings is 1. The Kier molecular flexibility index (Phi) is 7.60. The number of rotatable bonds is 5. The maximum Gasteiger partial charge on any atom is 0.410 e. The van der Waals surface area contributed by atoms with E-state index >= 15 is 0 Å². The first kappa shape index (κ1) is 24.6. The lowest BCUT2D eigenvalue weighted by molar-refractivity contribution is 0.0240. The standard InChI is InChI=1S/C23H37N3O5S/c1-18(2)32(28,29)26-12-8-9-19(17-26)30-21-11-7-6-10-20(21)24-13-15-25(16-14-24)22(27)31-23(3,4)5/h6-7,10-11,18-19H,8-9,12-17H2,1-5H3. The summed E-state index contributed by atoms with van der Waals surface area (Å²) in [5, 5.41) is -0.435. The number of hydrogen-bond acceptors (Lipinski definition) is 6. The minimum atomic E-state index is -3.29. The van der Waals surface area contributed by atoms with Gasteiger partial charge in [0.25, 0.3) is 0 Å². The number of carbonyl (C=O) groups excluding carboxylic acids is 1. The number of piperazine rings is 1. The quantitative estimate of drug-likeness (QED) is 0.661. The zero-order valence-electron chi connectivity index (χ0n) is 19.9. The number of sulfonamides is 1. The molecule has 3 rings (SSSR count). The Bertz CT molecular complexity index is 889. The number of piperidine rings is 1. The first-order chi connectivity index (χ1) is 15.0. The summed E-state index contributed by atoms with van der Waals surface area (Å²) < 4.78 is 38.6. The minimum absolute atomic E-state index is 0.179. The maximum absolute atomic E-state index is 12.6. The van der Waals surface area contributed by atoms with Crippen LogP contribution in [0.4, 0.5) is 10.5 Å². The number of carbonyl (C=O) groups is 1. The molecule has 9 heteroatoms. The molecule has 8 nitrogen and oxygen atoms in total. The molecule has 0 N–H and O–H groups in total. The molecule has 32 heavy (non-hydrogen) atoms. The normalized spacial score (nSPS) is 21.0. The zero-order chi connectivity index (χ0) is 23.5. The van der Waals surface area contributed by atoms with Gasteiger partial charge in [0, 0.05) is 32.7 Å². The van der Waals surface area contributed by atoms with Crippen molar-refractivity contribution in [2.45, 2.75) is 64.4 Å². The van der Waals surface area contributed by atoms with E-state index in [1.165, 1.54) is 0 Å². The Hall–Kier alpha value is -2.00. The summed E-state index contributed by atoms with van der Waals surface area (Å²) in [6, 6.07) is 7.86. The van der Waals surface area contributed by atoms with Gasteiger partial charge in [-0.25, -0.2) is 13.2 Å². The molecule has 2 aliphatic rings. The number of anilines is 1. The molecule has 180 valence electrons. The first-order valence-electron chi connectivity index (χ1n) is 11.4. The van der Waals surface area contributed by atoms with Crippen molar-refractivity contribution in [1.29, 1.82) is 0 Å². The van der Waals surface area contributed by atoms with Gasteiger partial charge < -0.3 is 19.3 Å². The van der Waals surface area contributed by atoms with Crippen molar-refractivity contribution in [2.75, 3.05) is 44.2 Å². The van der Waals surface area contributed by atoms with E-state index < -0.39 is 20.9 Å². The largest absolute Gasteiger partial charge is 0.487 e. The van der Waals surface area contributed by atoms with E-state index in [1.54, 1.807) is 23.1 Å². The third-order valence-electron chi connectivity index (χ3n) is 5.73. The monoisotopic (exact) mass is 467 g/mol. The van der Waals surface area contributed by atoms with Gasteiger partial charge in [-0.05, 0) is 59.6 Å². The molecule has 2 saturated heterocycles. The third kappa shape index (κ3) is 6.07. The molecule has 1 aromatic rings. The van der Waals surface area contributed by atoms with E-state index in [4.69, 9.17) is 9.47 Å². The van der Waals surface area contributed by atoms with Gasteiger partial charge in [-0.3, -0.25) is 0 Å². The molecule has 0 spiro atoms. The fourth-order valence-corrected chi connectivity index (χ4v) is 5.34. The average molecular weight is 468 g/mol. The topological polar surface area (TPSA) is 79.4 Å². The predicted molar refractivity (Wildman–Crippen MR) is 126 cm³/mol. The van der Waals surface area contributed by atoms with Crippen molar-refractivity contribution in [1.82, 2.24) is 9.21 Å². The minimum Gasteiger partial charge on any atom is -0.487 e. The fourth-order valence-electron chi connectivity index (χ4n) is 3.98. The predicted octanol–water partition coefficient (Wildman–Crippen LogP) is 3.33. The van der Waals surface area contributed by atoms with Crippen LogP contribution < -0.4 is 9.64 Å². The van der Waals surface area contributed by atoms with E-state index in [0.717, 1.165) is 24.3 Å². The smallest absolute Gasteiger partial charge is 0.410 e. The highest BCUT2D eigenvalue weighted by Crippen LogP contribution is 2.31. The van der Waals surface area contributed by atoms with E-state index in [2.05, 4.69) is 4.90 Å². The van der Waals surface area contributed by atoms with Crippen LogP contribution in [-0.2, 0) is 14.8 Å². The second-order valence-electron chi connectivity index (χ2n) is 9.76. The molecular formula is C23H37N3O5S. The molecule has 2 fully saturated rings. The maximum atomic E-state index is 12.6. The van der Waals surface area contributed by atoms with E-state index in [9.17, 15) is 13.2 Å². The SMILES string of the molecule is CC(C)S(=O)(=O)N1CCCC(Oc2ccccc2N2CCN(C(=O)OC(C)(C)C)CC2)C1. The number of ether oxygens (including phenoxy) is 2. The lowest BCUT2D eigenvalue weighted by atomic mass is 10.1. The fraction of sp³-hybridized carbons (Fsp3) is 0.696. The molecule has 0 radical (unpaired) electrons. The number of amides is 1. The van der Waals surface area contributed by atoms with Gasteiger partial charge in [-0.1, -0.05) is 12.1 Å². The van der Waals surface area contributed by atoms with Crippen molar-refractivity contribution in [3.05, 3.63) is 24.3 Å². The van der Waals surface area contributed by atoms with Crippen molar-refractivity contribution in [2.24, 2.45) is 0 Å². The van der Waals surface area contributed by atoms with Crippen LogP contribution in [0.1, 0.15) is 47.5 Å². The van der Waals surface area contributed by atoms with E-state index in [1.807, 2.05) is 45.0 Å². The molecule has 1 amide bonds. The van der Waals surface area contributed by atoms with Crippen LogP contribution in [0.3, 0.4) is 0 Å². The van der Waals surface area contributed by atoms with E-state index in [0.29, 0.717) is 39.3 Å². The van der Waals surface area contributed by atoms with Crippen LogP contribution in [0, 0.1) is 0 Å². The summed E-state index contributed by atoms with van der Waals surface area (Å²) in [5.74, 6) is 0.756. The lowest BCUT2D eigenvalue weighted by Crippen LogP contribution is -2.50. The third-order valence-corrected chi connectivity index (χ3v) is 7.97. The number of hydrogen-bond donors (Lipinski definition) is 0. The van der Waals surface area contributed by atoms with Crippen LogP contribution in [-0.4, -0.2) is 79.9 Å². The van der Waals surface area contributed by atoms with Crippen molar-refractivity contribution >= 4 is 21.8 Å². The molecule has 0 saturated carbocycles. The highest BCUT2D eigenvalue weighted by atomic mass is 32.2. The highest BCUT2D eigenvalue weighted by molar-refractivity contribution is 7.89. The van der Waals surface area contributed by atoms with Crippen LogP contribution in [0.5, 0.6) is 5.75 Å². The molecular weight excluding hydrogens is 430 g/mol. The second-order valence-corrected chi connectivity index (χ2v) is 12.2. The van der Waals surface area contributed by atoms with Gasteiger partial charge in [0.05, 0.1) is 17.5 Å². The molecule has 0 bridgehead atoms. The molecule has 2 heterocycles. The van der Waals surface area contributed by atoms with Crippen molar-refractivity contribution < 1.29 is 22.7 Å². The first-order valence-corrected chi connectivity index (χ1v) is 13.0. The summed E-state index contributed by atoms with van der Waals surface area (Å²) in [6.45, 7) is 12.5. The van der Waals surface area contributed by atoms with E-state index in [-0.39, 0.29) is 12.2 Å². The molecule has 1 unspecified atom stereocenters.